The highest BCUT2D eigenvalue weighted by Gasteiger charge is 2.16. The summed E-state index contributed by atoms with van der Waals surface area (Å²) in [6, 6.07) is 15.9. The Balaban J connectivity index is 2.44. The molecule has 0 spiro atoms. The van der Waals surface area contributed by atoms with Gasteiger partial charge in [-0.25, -0.2) is 0 Å². The van der Waals surface area contributed by atoms with Crippen LogP contribution >= 0.6 is 0 Å². The Morgan fingerprint density at radius 2 is 1.71 bits per heavy atom. The lowest BCUT2D eigenvalue weighted by molar-refractivity contribution is 0.594. The van der Waals surface area contributed by atoms with Crippen molar-refractivity contribution in [3.8, 4) is 0 Å². The van der Waals surface area contributed by atoms with Gasteiger partial charge in [0.15, 0.2) is 0 Å². The summed E-state index contributed by atoms with van der Waals surface area (Å²) >= 11 is 0. The number of aryl methyl sites for hydroxylation is 3. The van der Waals surface area contributed by atoms with Gasteiger partial charge in [-0.3, -0.25) is 0 Å². The van der Waals surface area contributed by atoms with E-state index in [0.717, 1.165) is 19.4 Å². The Morgan fingerprint density at radius 1 is 0.952 bits per heavy atom. The minimum Gasteiger partial charge on any atom is -0.306 e. The first-order valence-corrected chi connectivity index (χ1v) is 8.05. The predicted molar refractivity (Wildman–Crippen MR) is 91.9 cm³/mol. The van der Waals surface area contributed by atoms with Gasteiger partial charge in [0.1, 0.15) is 0 Å². The van der Waals surface area contributed by atoms with E-state index in [4.69, 9.17) is 0 Å². The van der Waals surface area contributed by atoms with Gasteiger partial charge in [0, 0.05) is 0 Å². The topological polar surface area (TPSA) is 12.0 Å². The van der Waals surface area contributed by atoms with Crippen molar-refractivity contribution in [1.82, 2.24) is 5.32 Å². The molecular weight excluding hydrogens is 254 g/mol. The second-order valence-electron chi connectivity index (χ2n) is 5.78. The summed E-state index contributed by atoms with van der Waals surface area (Å²) in [5, 5.41) is 3.72. The van der Waals surface area contributed by atoms with Crippen molar-refractivity contribution in [2.45, 2.75) is 46.6 Å². The normalized spacial score (nSPS) is 12.4. The summed E-state index contributed by atoms with van der Waals surface area (Å²) < 4.78 is 0. The standard InChI is InChI=1S/C20H27N/c1-5-13-21-20(18-12-11-15(3)16(4)14-18)19-10-8-7-9-17(19)6-2/h7-12,14,20-21H,5-6,13H2,1-4H3. The summed E-state index contributed by atoms with van der Waals surface area (Å²) in [6.07, 6.45) is 2.22. The van der Waals surface area contributed by atoms with E-state index in [9.17, 15) is 0 Å². The second-order valence-corrected chi connectivity index (χ2v) is 5.78. The molecular formula is C20H27N. The fourth-order valence-corrected chi connectivity index (χ4v) is 2.78. The minimum atomic E-state index is 0.292. The number of rotatable bonds is 6. The summed E-state index contributed by atoms with van der Waals surface area (Å²) in [6.45, 7) is 9.86. The zero-order chi connectivity index (χ0) is 15.2. The first-order valence-electron chi connectivity index (χ1n) is 8.05. The van der Waals surface area contributed by atoms with Gasteiger partial charge in [-0.15, -0.1) is 0 Å². The molecule has 2 aromatic rings. The molecule has 0 aliphatic rings. The van der Waals surface area contributed by atoms with Crippen LogP contribution in [0.1, 0.15) is 54.1 Å². The van der Waals surface area contributed by atoms with E-state index in [2.05, 4.69) is 75.5 Å². The fourth-order valence-electron chi connectivity index (χ4n) is 2.78. The zero-order valence-electron chi connectivity index (χ0n) is 13.7. The van der Waals surface area contributed by atoms with Crippen molar-refractivity contribution in [2.75, 3.05) is 6.54 Å². The molecule has 0 amide bonds. The minimum absolute atomic E-state index is 0.292. The molecule has 0 radical (unpaired) electrons. The molecule has 0 heterocycles. The largest absolute Gasteiger partial charge is 0.306 e. The molecule has 1 nitrogen and oxygen atoms in total. The van der Waals surface area contributed by atoms with Crippen LogP contribution in [0, 0.1) is 13.8 Å². The molecule has 1 atom stereocenters. The van der Waals surface area contributed by atoms with Crippen molar-refractivity contribution in [3.05, 3.63) is 70.3 Å². The van der Waals surface area contributed by atoms with E-state index in [1.165, 1.54) is 27.8 Å². The van der Waals surface area contributed by atoms with Crippen LogP contribution < -0.4 is 5.32 Å². The van der Waals surface area contributed by atoms with E-state index >= 15 is 0 Å². The molecule has 1 unspecified atom stereocenters. The SMILES string of the molecule is CCCNC(c1ccc(C)c(C)c1)c1ccccc1CC. The second kappa shape index (κ2) is 7.42. The molecule has 2 rings (SSSR count). The van der Waals surface area contributed by atoms with Crippen molar-refractivity contribution >= 4 is 0 Å². The molecule has 0 aliphatic heterocycles. The van der Waals surface area contributed by atoms with Crippen LogP contribution in [0.3, 0.4) is 0 Å². The molecule has 0 saturated heterocycles. The van der Waals surface area contributed by atoms with Crippen molar-refractivity contribution < 1.29 is 0 Å². The van der Waals surface area contributed by atoms with Crippen molar-refractivity contribution in [1.29, 1.82) is 0 Å². The van der Waals surface area contributed by atoms with E-state index in [0.29, 0.717) is 6.04 Å². The number of hydrogen-bond donors (Lipinski definition) is 1. The van der Waals surface area contributed by atoms with E-state index in [-0.39, 0.29) is 0 Å². The Labute approximate surface area is 129 Å². The quantitative estimate of drug-likeness (QED) is 0.789. The number of nitrogens with one attached hydrogen (secondary N) is 1. The third kappa shape index (κ3) is 3.74. The average molecular weight is 281 g/mol. The predicted octanol–water partition coefficient (Wildman–Crippen LogP) is 4.95. The molecule has 112 valence electrons. The molecule has 0 aliphatic carbocycles. The van der Waals surface area contributed by atoms with Gasteiger partial charge in [-0.05, 0) is 61.1 Å². The van der Waals surface area contributed by atoms with Crippen LogP contribution in [-0.2, 0) is 6.42 Å². The molecule has 0 saturated carbocycles. The third-order valence-electron chi connectivity index (χ3n) is 4.21. The van der Waals surface area contributed by atoms with Gasteiger partial charge in [-0.1, -0.05) is 56.3 Å². The molecule has 2 aromatic carbocycles. The van der Waals surface area contributed by atoms with Crippen LogP contribution in [0.2, 0.25) is 0 Å². The van der Waals surface area contributed by atoms with Crippen LogP contribution in [0.25, 0.3) is 0 Å². The van der Waals surface area contributed by atoms with Gasteiger partial charge in [0.05, 0.1) is 6.04 Å². The van der Waals surface area contributed by atoms with E-state index in [1.54, 1.807) is 0 Å². The van der Waals surface area contributed by atoms with E-state index in [1.807, 2.05) is 0 Å². The monoisotopic (exact) mass is 281 g/mol. The highest BCUT2D eigenvalue weighted by molar-refractivity contribution is 5.40. The zero-order valence-corrected chi connectivity index (χ0v) is 13.7. The average Bonchev–Trinajstić information content (AvgIpc) is 2.51. The lowest BCUT2D eigenvalue weighted by Gasteiger charge is -2.23. The highest BCUT2D eigenvalue weighted by Crippen LogP contribution is 2.27. The number of benzene rings is 2. The summed E-state index contributed by atoms with van der Waals surface area (Å²) in [4.78, 5) is 0. The maximum absolute atomic E-state index is 3.72. The van der Waals surface area contributed by atoms with Gasteiger partial charge in [-0.2, -0.15) is 0 Å². The van der Waals surface area contributed by atoms with Gasteiger partial charge < -0.3 is 5.32 Å². The number of hydrogen-bond acceptors (Lipinski definition) is 1. The van der Waals surface area contributed by atoms with Crippen molar-refractivity contribution in [3.63, 3.8) is 0 Å². The van der Waals surface area contributed by atoms with E-state index < -0.39 is 0 Å². The molecule has 21 heavy (non-hydrogen) atoms. The van der Waals surface area contributed by atoms with Crippen molar-refractivity contribution in [2.24, 2.45) is 0 Å². The van der Waals surface area contributed by atoms with Gasteiger partial charge in [0.2, 0.25) is 0 Å². The van der Waals surface area contributed by atoms with Crippen LogP contribution in [0.5, 0.6) is 0 Å². The Morgan fingerprint density at radius 3 is 2.38 bits per heavy atom. The highest BCUT2D eigenvalue weighted by atomic mass is 14.9. The lowest BCUT2D eigenvalue weighted by Crippen LogP contribution is -2.24. The first kappa shape index (κ1) is 15.8. The summed E-state index contributed by atoms with van der Waals surface area (Å²) in [7, 11) is 0. The van der Waals surface area contributed by atoms with Crippen LogP contribution in [-0.4, -0.2) is 6.54 Å². The third-order valence-corrected chi connectivity index (χ3v) is 4.21. The molecule has 0 bridgehead atoms. The van der Waals surface area contributed by atoms with Crippen LogP contribution in [0.4, 0.5) is 0 Å². The van der Waals surface area contributed by atoms with Gasteiger partial charge in [0.25, 0.3) is 0 Å². The molecule has 0 aromatic heterocycles. The van der Waals surface area contributed by atoms with Crippen LogP contribution in [0.15, 0.2) is 42.5 Å². The summed E-state index contributed by atoms with van der Waals surface area (Å²) in [5.41, 5.74) is 6.94. The maximum Gasteiger partial charge on any atom is 0.0579 e. The van der Waals surface area contributed by atoms with Gasteiger partial charge >= 0.3 is 0 Å². The first-order chi connectivity index (χ1) is 10.2. The Bertz CT molecular complexity index is 586. The molecule has 0 fully saturated rings. The fraction of sp³-hybridized carbons (Fsp3) is 0.400. The molecule has 1 N–H and O–H groups in total. The Hall–Kier alpha value is -1.60. The molecule has 1 heteroatoms. The lowest BCUT2D eigenvalue weighted by atomic mass is 9.91. The maximum atomic E-state index is 3.72. The smallest absolute Gasteiger partial charge is 0.0579 e. The summed E-state index contributed by atoms with van der Waals surface area (Å²) in [5.74, 6) is 0. The Kier molecular flexibility index (Phi) is 5.58.